The van der Waals surface area contributed by atoms with E-state index in [4.69, 9.17) is 0 Å². The van der Waals surface area contributed by atoms with Gasteiger partial charge < -0.3 is 15.1 Å². The van der Waals surface area contributed by atoms with Gasteiger partial charge in [0.05, 0.1) is 0 Å². The summed E-state index contributed by atoms with van der Waals surface area (Å²) in [5.74, 6) is 0.422. The van der Waals surface area contributed by atoms with Crippen LogP contribution in [0, 0.1) is 5.92 Å². The number of hydrogen-bond donors (Lipinski definition) is 1. The zero-order chi connectivity index (χ0) is 14.8. The van der Waals surface area contributed by atoms with Gasteiger partial charge >= 0.3 is 12.2 Å². The number of hydrogen-bond acceptors (Lipinski definition) is 2. The van der Waals surface area contributed by atoms with Gasteiger partial charge in [0.25, 0.3) is 0 Å². The number of likely N-dealkylation sites (tertiary alicyclic amines) is 2. The molecule has 0 unspecified atom stereocenters. The molecule has 0 radical (unpaired) electrons. The summed E-state index contributed by atoms with van der Waals surface area (Å²) in [5, 5.41) is 1.99. The van der Waals surface area contributed by atoms with Crippen LogP contribution in [0.15, 0.2) is 0 Å². The maximum atomic E-state index is 12.2. The molecule has 2 amide bonds. The molecule has 2 aliphatic rings. The van der Waals surface area contributed by atoms with E-state index in [0.29, 0.717) is 12.5 Å². The number of piperidine rings is 1. The van der Waals surface area contributed by atoms with Crippen molar-refractivity contribution in [3.63, 3.8) is 0 Å². The lowest BCUT2D eigenvalue weighted by Gasteiger charge is -2.36. The van der Waals surface area contributed by atoms with Gasteiger partial charge in [-0.1, -0.05) is 0 Å². The smallest absolute Gasteiger partial charge is 0.329 e. The van der Waals surface area contributed by atoms with Gasteiger partial charge in [0.1, 0.15) is 6.54 Å². The number of amides is 2. The van der Waals surface area contributed by atoms with Gasteiger partial charge in [0.2, 0.25) is 0 Å². The Hall–Kier alpha value is -0.980. The molecular formula is C13H22F3N3O. The van der Waals surface area contributed by atoms with Crippen LogP contribution >= 0.6 is 0 Å². The lowest BCUT2D eigenvalue weighted by Crippen LogP contribution is -2.49. The molecule has 0 aromatic heterocycles. The quantitative estimate of drug-likeness (QED) is 0.846. The van der Waals surface area contributed by atoms with Crippen molar-refractivity contribution in [3.8, 4) is 0 Å². The first-order chi connectivity index (χ1) is 9.37. The van der Waals surface area contributed by atoms with E-state index in [1.165, 1.54) is 0 Å². The van der Waals surface area contributed by atoms with Gasteiger partial charge in [-0.25, -0.2) is 4.79 Å². The molecule has 1 N–H and O–H groups in total. The second-order valence-electron chi connectivity index (χ2n) is 5.82. The first kappa shape index (κ1) is 15.4. The first-order valence-corrected chi connectivity index (χ1v) is 7.16. The fraction of sp³-hybridized carbons (Fsp3) is 0.923. The van der Waals surface area contributed by atoms with Crippen LogP contribution in [0.1, 0.15) is 25.7 Å². The highest BCUT2D eigenvalue weighted by Gasteiger charge is 2.37. The molecular weight excluding hydrogens is 271 g/mol. The van der Waals surface area contributed by atoms with Crippen molar-refractivity contribution in [2.45, 2.75) is 37.9 Å². The van der Waals surface area contributed by atoms with E-state index in [1.807, 2.05) is 5.32 Å². The fourth-order valence-electron chi connectivity index (χ4n) is 3.23. The number of halogens is 3. The molecule has 2 rings (SSSR count). The van der Waals surface area contributed by atoms with E-state index < -0.39 is 18.8 Å². The molecule has 20 heavy (non-hydrogen) atoms. The minimum Gasteiger partial charge on any atom is -0.329 e. The van der Waals surface area contributed by atoms with Gasteiger partial charge in [-0.15, -0.1) is 0 Å². The van der Waals surface area contributed by atoms with Crippen molar-refractivity contribution >= 4 is 6.03 Å². The van der Waals surface area contributed by atoms with Gasteiger partial charge in [-0.05, 0) is 51.7 Å². The molecule has 2 heterocycles. The number of carbonyl (C=O) groups excluding carboxylic acids is 1. The van der Waals surface area contributed by atoms with Crippen LogP contribution in [-0.2, 0) is 0 Å². The molecule has 4 nitrogen and oxygen atoms in total. The van der Waals surface area contributed by atoms with Crippen LogP contribution in [0.3, 0.4) is 0 Å². The molecule has 2 fully saturated rings. The number of alkyl halides is 3. The number of nitrogens with zero attached hydrogens (tertiary/aromatic N) is 2. The Balaban J connectivity index is 1.88. The number of nitrogens with one attached hydrogen (secondary N) is 1. The second kappa shape index (κ2) is 6.20. The number of carbonyl (C=O) groups is 1. The molecule has 2 aliphatic heterocycles. The minimum absolute atomic E-state index is 0.108. The van der Waals surface area contributed by atoms with E-state index in [1.54, 1.807) is 4.90 Å². The van der Waals surface area contributed by atoms with Gasteiger partial charge in [-0.3, -0.25) is 0 Å². The first-order valence-electron chi connectivity index (χ1n) is 7.16. The van der Waals surface area contributed by atoms with Crippen molar-refractivity contribution in [1.82, 2.24) is 15.1 Å². The summed E-state index contributed by atoms with van der Waals surface area (Å²) in [6.07, 6.45) is -0.517. The third-order valence-electron chi connectivity index (χ3n) is 4.31. The molecule has 116 valence electrons. The summed E-state index contributed by atoms with van der Waals surface area (Å²) >= 11 is 0. The highest BCUT2D eigenvalue weighted by atomic mass is 19.4. The zero-order valence-corrected chi connectivity index (χ0v) is 11.7. The lowest BCUT2D eigenvalue weighted by molar-refractivity contribution is -0.123. The Morgan fingerprint density at radius 1 is 1.20 bits per heavy atom. The largest absolute Gasteiger partial charge is 0.405 e. The summed E-state index contributed by atoms with van der Waals surface area (Å²) < 4.78 is 36.5. The maximum absolute atomic E-state index is 12.2. The van der Waals surface area contributed by atoms with Crippen LogP contribution in [0.2, 0.25) is 0 Å². The summed E-state index contributed by atoms with van der Waals surface area (Å²) in [5.41, 5.74) is 0. The van der Waals surface area contributed by atoms with Crippen molar-refractivity contribution < 1.29 is 18.0 Å². The molecule has 0 bridgehead atoms. The Morgan fingerprint density at radius 2 is 1.85 bits per heavy atom. The van der Waals surface area contributed by atoms with E-state index in [9.17, 15) is 18.0 Å². The fourth-order valence-corrected chi connectivity index (χ4v) is 3.23. The van der Waals surface area contributed by atoms with E-state index in [-0.39, 0.29) is 6.04 Å². The van der Waals surface area contributed by atoms with Gasteiger partial charge in [0, 0.05) is 12.6 Å². The van der Waals surface area contributed by atoms with E-state index >= 15 is 0 Å². The normalized spacial score (nSPS) is 26.0. The monoisotopic (exact) mass is 293 g/mol. The van der Waals surface area contributed by atoms with Crippen LogP contribution in [0.4, 0.5) is 18.0 Å². The highest BCUT2D eigenvalue weighted by molar-refractivity contribution is 5.74. The molecule has 0 aliphatic carbocycles. The standard InChI is InChI=1S/C13H22F3N3O/c1-18-7-4-10(5-8-18)11-3-2-6-19(11)12(20)17-9-13(14,15)16/h10-11H,2-9H2,1H3,(H,17,20)/t11-/m0/s1. The van der Waals surface area contributed by atoms with Gasteiger partial charge in [0.15, 0.2) is 0 Å². The molecule has 0 spiro atoms. The lowest BCUT2D eigenvalue weighted by atomic mass is 9.88. The topological polar surface area (TPSA) is 35.6 Å². The third kappa shape index (κ3) is 4.01. The molecule has 7 heteroatoms. The molecule has 0 saturated carbocycles. The van der Waals surface area contributed by atoms with E-state index in [0.717, 1.165) is 38.8 Å². The number of urea groups is 1. The Kier molecular flexibility index (Phi) is 4.78. The van der Waals surface area contributed by atoms with Crippen molar-refractivity contribution in [2.75, 3.05) is 33.2 Å². The Labute approximate surface area is 117 Å². The van der Waals surface area contributed by atoms with Crippen LogP contribution in [0.5, 0.6) is 0 Å². The molecule has 0 aromatic rings. The third-order valence-corrected chi connectivity index (χ3v) is 4.31. The predicted molar refractivity (Wildman–Crippen MR) is 69.4 cm³/mol. The van der Waals surface area contributed by atoms with Crippen molar-refractivity contribution in [3.05, 3.63) is 0 Å². The maximum Gasteiger partial charge on any atom is 0.405 e. The van der Waals surface area contributed by atoms with Crippen molar-refractivity contribution in [1.29, 1.82) is 0 Å². The van der Waals surface area contributed by atoms with Crippen LogP contribution < -0.4 is 5.32 Å². The summed E-state index contributed by atoms with van der Waals surface area (Å²) in [6.45, 7) is 1.32. The van der Waals surface area contributed by atoms with Crippen LogP contribution in [0.25, 0.3) is 0 Å². The van der Waals surface area contributed by atoms with Crippen molar-refractivity contribution in [2.24, 2.45) is 5.92 Å². The second-order valence-corrected chi connectivity index (χ2v) is 5.82. The minimum atomic E-state index is -4.35. The Morgan fingerprint density at radius 3 is 2.45 bits per heavy atom. The average Bonchev–Trinajstić information content (AvgIpc) is 2.85. The SMILES string of the molecule is CN1CCC([C@@H]2CCCN2C(=O)NCC(F)(F)F)CC1. The summed E-state index contributed by atoms with van der Waals surface area (Å²) in [6, 6.07) is -0.458. The zero-order valence-electron chi connectivity index (χ0n) is 11.7. The van der Waals surface area contributed by atoms with Crippen LogP contribution in [-0.4, -0.2) is 61.3 Å². The predicted octanol–water partition coefficient (Wildman–Crippen LogP) is 2.06. The Bertz CT molecular complexity index is 340. The summed E-state index contributed by atoms with van der Waals surface area (Å²) in [7, 11) is 2.07. The summed E-state index contributed by atoms with van der Waals surface area (Å²) in [4.78, 5) is 15.8. The van der Waals surface area contributed by atoms with E-state index in [2.05, 4.69) is 11.9 Å². The average molecular weight is 293 g/mol. The molecule has 2 saturated heterocycles. The molecule has 0 aromatic carbocycles. The highest BCUT2D eigenvalue weighted by Crippen LogP contribution is 2.30. The number of rotatable bonds is 2. The van der Waals surface area contributed by atoms with Gasteiger partial charge in [-0.2, -0.15) is 13.2 Å². The molecule has 1 atom stereocenters.